The summed E-state index contributed by atoms with van der Waals surface area (Å²) in [7, 11) is 2.18. The lowest BCUT2D eigenvalue weighted by Gasteiger charge is -2.28. The maximum atomic E-state index is 4.51. The molecule has 0 radical (unpaired) electrons. The Labute approximate surface area is 121 Å². The minimum absolute atomic E-state index is 0.749. The lowest BCUT2D eigenvalue weighted by molar-refractivity contribution is 0.273. The average molecular weight is 281 g/mol. The van der Waals surface area contributed by atoms with Gasteiger partial charge in [0.2, 0.25) is 0 Å². The first-order chi connectivity index (χ1) is 9.13. The number of aromatic nitrogens is 1. The lowest BCUT2D eigenvalue weighted by Crippen LogP contribution is -2.38. The van der Waals surface area contributed by atoms with E-state index in [0.717, 1.165) is 36.6 Å². The van der Waals surface area contributed by atoms with E-state index in [1.165, 1.54) is 31.4 Å². The van der Waals surface area contributed by atoms with Crippen molar-refractivity contribution in [2.75, 3.05) is 20.1 Å². The molecule has 108 valence electrons. The quantitative estimate of drug-likeness (QED) is 0.868. The van der Waals surface area contributed by atoms with Gasteiger partial charge in [0.05, 0.1) is 10.7 Å². The van der Waals surface area contributed by atoms with E-state index in [1.54, 1.807) is 11.3 Å². The summed E-state index contributed by atoms with van der Waals surface area (Å²) >= 11 is 1.74. The zero-order chi connectivity index (χ0) is 13.7. The molecule has 0 amide bonds. The van der Waals surface area contributed by atoms with Crippen LogP contribution in [0.15, 0.2) is 5.38 Å². The molecule has 1 aromatic heterocycles. The summed E-state index contributed by atoms with van der Waals surface area (Å²) in [6, 6.07) is 0.749. The zero-order valence-corrected chi connectivity index (χ0v) is 13.3. The summed E-state index contributed by atoms with van der Waals surface area (Å²) in [4.78, 5) is 6.87. The first kappa shape index (κ1) is 14.9. The van der Waals surface area contributed by atoms with Gasteiger partial charge in [-0.1, -0.05) is 19.8 Å². The van der Waals surface area contributed by atoms with Gasteiger partial charge in [0, 0.05) is 31.1 Å². The van der Waals surface area contributed by atoms with Crippen molar-refractivity contribution in [3.8, 4) is 0 Å². The predicted molar refractivity (Wildman–Crippen MR) is 82.6 cm³/mol. The van der Waals surface area contributed by atoms with Crippen LogP contribution in [0.1, 0.15) is 43.3 Å². The summed E-state index contributed by atoms with van der Waals surface area (Å²) in [5, 5.41) is 7.05. The fourth-order valence-corrected chi connectivity index (χ4v) is 3.52. The van der Waals surface area contributed by atoms with Gasteiger partial charge in [-0.3, -0.25) is 4.90 Å². The average Bonchev–Trinajstić information content (AvgIpc) is 2.75. The molecule has 2 rings (SSSR count). The van der Waals surface area contributed by atoms with Crippen LogP contribution in [0.5, 0.6) is 0 Å². The highest BCUT2D eigenvalue weighted by atomic mass is 32.1. The van der Waals surface area contributed by atoms with Gasteiger partial charge < -0.3 is 5.32 Å². The molecule has 0 aromatic carbocycles. The first-order valence-electron chi connectivity index (χ1n) is 7.46. The highest BCUT2D eigenvalue weighted by Gasteiger charge is 2.17. The molecule has 1 aromatic rings. The topological polar surface area (TPSA) is 28.2 Å². The highest BCUT2D eigenvalue weighted by molar-refractivity contribution is 7.09. The van der Waals surface area contributed by atoms with E-state index >= 15 is 0 Å². The van der Waals surface area contributed by atoms with Crippen LogP contribution in [0, 0.1) is 12.8 Å². The van der Waals surface area contributed by atoms with Crippen molar-refractivity contribution in [2.45, 2.75) is 52.1 Å². The number of likely N-dealkylation sites (N-methyl/N-ethyl adjacent to an activating group) is 1. The van der Waals surface area contributed by atoms with Crippen LogP contribution in [-0.4, -0.2) is 36.1 Å². The second-order valence-corrected chi connectivity index (χ2v) is 7.08. The van der Waals surface area contributed by atoms with Gasteiger partial charge in [-0.15, -0.1) is 11.3 Å². The highest BCUT2D eigenvalue weighted by Crippen LogP contribution is 2.23. The van der Waals surface area contributed by atoms with E-state index in [1.807, 2.05) is 0 Å². The van der Waals surface area contributed by atoms with E-state index in [4.69, 9.17) is 0 Å². The van der Waals surface area contributed by atoms with Crippen LogP contribution in [0.25, 0.3) is 0 Å². The van der Waals surface area contributed by atoms with Crippen LogP contribution in [-0.2, 0) is 6.54 Å². The summed E-state index contributed by atoms with van der Waals surface area (Å²) in [5.41, 5.74) is 1.20. The fraction of sp³-hybridized carbons (Fsp3) is 0.800. The number of hydrogen-bond acceptors (Lipinski definition) is 4. The number of hydrogen-bond donors (Lipinski definition) is 1. The Morgan fingerprint density at radius 2 is 2.32 bits per heavy atom. The van der Waals surface area contributed by atoms with Gasteiger partial charge in [0.1, 0.15) is 0 Å². The van der Waals surface area contributed by atoms with Gasteiger partial charge in [0.15, 0.2) is 0 Å². The van der Waals surface area contributed by atoms with E-state index in [9.17, 15) is 0 Å². The van der Waals surface area contributed by atoms with E-state index < -0.39 is 0 Å². The van der Waals surface area contributed by atoms with Crippen molar-refractivity contribution >= 4 is 11.3 Å². The third-order valence-corrected chi connectivity index (χ3v) is 4.78. The Morgan fingerprint density at radius 1 is 1.47 bits per heavy atom. The summed E-state index contributed by atoms with van der Waals surface area (Å²) in [5.74, 6) is 0.905. The van der Waals surface area contributed by atoms with Crippen molar-refractivity contribution in [3.05, 3.63) is 16.1 Å². The molecule has 1 aliphatic carbocycles. The molecule has 1 aliphatic rings. The van der Waals surface area contributed by atoms with Crippen molar-refractivity contribution in [3.63, 3.8) is 0 Å². The minimum Gasteiger partial charge on any atom is -0.313 e. The maximum absolute atomic E-state index is 4.51. The molecular formula is C15H27N3S. The largest absolute Gasteiger partial charge is 0.313 e. The van der Waals surface area contributed by atoms with Gasteiger partial charge in [-0.05, 0) is 32.7 Å². The molecule has 1 N–H and O–H groups in total. The molecule has 3 nitrogen and oxygen atoms in total. The summed E-state index contributed by atoms with van der Waals surface area (Å²) in [6.45, 7) is 7.61. The van der Waals surface area contributed by atoms with Gasteiger partial charge >= 0.3 is 0 Å². The standard InChI is InChI=1S/C15H27N3S/c1-12-5-4-6-14(9-12)16-7-8-18(3)10-15-11-19-13(2)17-15/h11-12,14,16H,4-10H2,1-3H3. The minimum atomic E-state index is 0.749. The van der Waals surface area contributed by atoms with E-state index in [-0.39, 0.29) is 0 Å². The van der Waals surface area contributed by atoms with Crippen LogP contribution >= 0.6 is 11.3 Å². The van der Waals surface area contributed by atoms with Crippen LogP contribution in [0.4, 0.5) is 0 Å². The van der Waals surface area contributed by atoms with Crippen LogP contribution < -0.4 is 5.32 Å². The molecular weight excluding hydrogens is 254 g/mol. The number of thiazole rings is 1. The maximum Gasteiger partial charge on any atom is 0.0897 e. The molecule has 1 fully saturated rings. The van der Waals surface area contributed by atoms with Crippen LogP contribution in [0.3, 0.4) is 0 Å². The van der Waals surface area contributed by atoms with Gasteiger partial charge in [-0.2, -0.15) is 0 Å². The third-order valence-electron chi connectivity index (χ3n) is 3.96. The number of nitrogens with one attached hydrogen (secondary N) is 1. The Balaban J connectivity index is 1.62. The summed E-state index contributed by atoms with van der Waals surface area (Å²) in [6.07, 6.45) is 5.53. The molecule has 1 saturated carbocycles. The molecule has 19 heavy (non-hydrogen) atoms. The Bertz CT molecular complexity index is 377. The third kappa shape index (κ3) is 5.21. The first-order valence-corrected chi connectivity index (χ1v) is 8.34. The fourth-order valence-electron chi connectivity index (χ4n) is 2.92. The molecule has 0 spiro atoms. The lowest BCUT2D eigenvalue weighted by atomic mass is 9.87. The van der Waals surface area contributed by atoms with Crippen molar-refractivity contribution in [1.82, 2.24) is 15.2 Å². The van der Waals surface area contributed by atoms with Crippen LogP contribution in [0.2, 0.25) is 0 Å². The van der Waals surface area contributed by atoms with Crippen molar-refractivity contribution in [1.29, 1.82) is 0 Å². The van der Waals surface area contributed by atoms with Gasteiger partial charge in [-0.25, -0.2) is 4.98 Å². The Morgan fingerprint density at radius 3 is 3.00 bits per heavy atom. The van der Waals surface area contributed by atoms with Crippen molar-refractivity contribution in [2.24, 2.45) is 5.92 Å². The second kappa shape index (κ2) is 7.36. The normalized spacial score (nSPS) is 24.0. The summed E-state index contributed by atoms with van der Waals surface area (Å²) < 4.78 is 0. The SMILES string of the molecule is Cc1nc(CN(C)CCNC2CCCC(C)C2)cs1. The molecule has 2 unspecified atom stereocenters. The molecule has 0 saturated heterocycles. The molecule has 0 aliphatic heterocycles. The smallest absolute Gasteiger partial charge is 0.0897 e. The predicted octanol–water partition coefficient (Wildman–Crippen LogP) is 3.05. The van der Waals surface area contributed by atoms with Gasteiger partial charge in [0.25, 0.3) is 0 Å². The second-order valence-electron chi connectivity index (χ2n) is 6.02. The molecule has 1 heterocycles. The molecule has 4 heteroatoms. The Hall–Kier alpha value is -0.450. The monoisotopic (exact) mass is 281 g/mol. The number of rotatable bonds is 6. The van der Waals surface area contributed by atoms with E-state index in [0.29, 0.717) is 0 Å². The molecule has 0 bridgehead atoms. The van der Waals surface area contributed by atoms with E-state index in [2.05, 4.69) is 41.5 Å². The molecule has 2 atom stereocenters. The number of aryl methyl sites for hydroxylation is 1. The number of nitrogens with zero attached hydrogens (tertiary/aromatic N) is 2. The van der Waals surface area contributed by atoms with Crippen molar-refractivity contribution < 1.29 is 0 Å². The zero-order valence-electron chi connectivity index (χ0n) is 12.5. The Kier molecular flexibility index (Phi) is 5.79.